The zero-order valence-electron chi connectivity index (χ0n) is 15.4. The summed E-state index contributed by atoms with van der Waals surface area (Å²) in [4.78, 5) is 36.6. The molecule has 2 amide bonds. The van der Waals surface area contributed by atoms with E-state index in [0.717, 1.165) is 0 Å². The molecule has 2 N–H and O–H groups in total. The maximum atomic E-state index is 12.3. The Bertz CT molecular complexity index is 829. The molecule has 144 valence electrons. The average Bonchev–Trinajstić information content (AvgIpc) is 2.75. The third-order valence-corrected chi connectivity index (χ3v) is 3.91. The Balaban J connectivity index is 1.88. The molecule has 2 aromatic rings. The number of terminal acetylenes is 1. The van der Waals surface area contributed by atoms with Crippen molar-refractivity contribution in [1.82, 2.24) is 10.6 Å². The van der Waals surface area contributed by atoms with Gasteiger partial charge in [0.15, 0.2) is 6.61 Å². The highest BCUT2D eigenvalue weighted by molar-refractivity contribution is 5.96. The average molecular weight is 378 g/mol. The lowest BCUT2D eigenvalue weighted by atomic mass is 10.1. The SMILES string of the molecule is C#CCOC(=O)C(CCCNC(=O)c1ccccc1)NC(=O)c1ccccc1. The number of hydrogen-bond acceptors (Lipinski definition) is 4. The van der Waals surface area contributed by atoms with E-state index in [1.807, 2.05) is 6.07 Å². The number of nitrogens with one attached hydrogen (secondary N) is 2. The van der Waals surface area contributed by atoms with Crippen molar-refractivity contribution in [2.75, 3.05) is 13.2 Å². The van der Waals surface area contributed by atoms with E-state index in [9.17, 15) is 14.4 Å². The smallest absolute Gasteiger partial charge is 0.329 e. The zero-order valence-corrected chi connectivity index (χ0v) is 15.4. The summed E-state index contributed by atoms with van der Waals surface area (Å²) in [5.41, 5.74) is 1.000. The van der Waals surface area contributed by atoms with Gasteiger partial charge < -0.3 is 15.4 Å². The molecule has 0 saturated heterocycles. The molecule has 2 aromatic carbocycles. The van der Waals surface area contributed by atoms with Crippen LogP contribution in [0.2, 0.25) is 0 Å². The molecule has 0 aromatic heterocycles. The van der Waals surface area contributed by atoms with Crippen molar-refractivity contribution in [2.24, 2.45) is 0 Å². The minimum absolute atomic E-state index is 0.165. The van der Waals surface area contributed by atoms with Crippen molar-refractivity contribution in [3.63, 3.8) is 0 Å². The summed E-state index contributed by atoms with van der Waals surface area (Å²) in [6.07, 6.45) is 5.90. The molecule has 1 unspecified atom stereocenters. The van der Waals surface area contributed by atoms with Crippen molar-refractivity contribution in [3.8, 4) is 12.3 Å². The normalized spacial score (nSPS) is 11.0. The summed E-state index contributed by atoms with van der Waals surface area (Å²) in [7, 11) is 0. The van der Waals surface area contributed by atoms with E-state index >= 15 is 0 Å². The molecule has 2 rings (SSSR count). The topological polar surface area (TPSA) is 84.5 Å². The van der Waals surface area contributed by atoms with Crippen LogP contribution in [-0.2, 0) is 9.53 Å². The molecule has 0 radical (unpaired) electrons. The maximum absolute atomic E-state index is 12.3. The Labute approximate surface area is 164 Å². The number of ether oxygens (including phenoxy) is 1. The number of carbonyl (C=O) groups excluding carboxylic acids is 3. The molecule has 0 heterocycles. The van der Waals surface area contributed by atoms with Gasteiger partial charge in [-0.3, -0.25) is 9.59 Å². The molecule has 0 bridgehead atoms. The third-order valence-electron chi connectivity index (χ3n) is 3.91. The van der Waals surface area contributed by atoms with E-state index in [0.29, 0.717) is 30.5 Å². The Kier molecular flexibility index (Phi) is 8.28. The Morgan fingerprint density at radius 1 is 0.929 bits per heavy atom. The van der Waals surface area contributed by atoms with Crippen LogP contribution in [0.5, 0.6) is 0 Å². The van der Waals surface area contributed by atoms with Crippen LogP contribution < -0.4 is 10.6 Å². The Hall–Kier alpha value is -3.59. The number of rotatable bonds is 9. The molecule has 0 fully saturated rings. The lowest BCUT2D eigenvalue weighted by molar-refractivity contribution is -0.144. The molecule has 1 atom stereocenters. The molecule has 0 aliphatic rings. The fourth-order valence-corrected chi connectivity index (χ4v) is 2.49. The summed E-state index contributed by atoms with van der Waals surface area (Å²) >= 11 is 0. The second kappa shape index (κ2) is 11.2. The number of amides is 2. The van der Waals surface area contributed by atoms with Crippen LogP contribution in [0.25, 0.3) is 0 Å². The van der Waals surface area contributed by atoms with Crippen LogP contribution in [0.4, 0.5) is 0 Å². The van der Waals surface area contributed by atoms with Gasteiger partial charge in [0, 0.05) is 17.7 Å². The van der Waals surface area contributed by atoms with Crippen LogP contribution >= 0.6 is 0 Å². The Morgan fingerprint density at radius 2 is 1.50 bits per heavy atom. The lowest BCUT2D eigenvalue weighted by Crippen LogP contribution is -2.42. The predicted octanol–water partition coefficient (Wildman–Crippen LogP) is 2.17. The van der Waals surface area contributed by atoms with Gasteiger partial charge in [0.05, 0.1) is 0 Å². The quantitative estimate of drug-likeness (QED) is 0.398. The predicted molar refractivity (Wildman–Crippen MR) is 105 cm³/mol. The van der Waals surface area contributed by atoms with Gasteiger partial charge in [-0.1, -0.05) is 42.3 Å². The Morgan fingerprint density at radius 3 is 2.07 bits per heavy atom. The molecular formula is C22H22N2O4. The van der Waals surface area contributed by atoms with Gasteiger partial charge >= 0.3 is 5.97 Å². The standard InChI is InChI=1S/C22H22N2O4/c1-2-16-28-22(27)19(24-21(26)18-12-7-4-8-13-18)14-9-15-23-20(25)17-10-5-3-6-11-17/h1,3-8,10-13,19H,9,14-16H2,(H,23,25)(H,24,26). The first-order valence-electron chi connectivity index (χ1n) is 8.91. The van der Waals surface area contributed by atoms with Crippen molar-refractivity contribution in [1.29, 1.82) is 0 Å². The summed E-state index contributed by atoms with van der Waals surface area (Å²) < 4.78 is 4.96. The summed E-state index contributed by atoms with van der Waals surface area (Å²) in [5, 5.41) is 5.45. The summed E-state index contributed by atoms with van der Waals surface area (Å²) in [6, 6.07) is 16.6. The van der Waals surface area contributed by atoms with Crippen LogP contribution in [0.3, 0.4) is 0 Å². The van der Waals surface area contributed by atoms with Gasteiger partial charge in [-0.15, -0.1) is 6.42 Å². The monoisotopic (exact) mass is 378 g/mol. The zero-order chi connectivity index (χ0) is 20.2. The first-order valence-corrected chi connectivity index (χ1v) is 8.91. The maximum Gasteiger partial charge on any atom is 0.329 e. The van der Waals surface area contributed by atoms with Gasteiger partial charge in [-0.05, 0) is 37.1 Å². The second-order valence-corrected chi connectivity index (χ2v) is 5.97. The minimum Gasteiger partial charge on any atom is -0.451 e. The fraction of sp³-hybridized carbons (Fsp3) is 0.227. The number of carbonyl (C=O) groups is 3. The van der Waals surface area contributed by atoms with Gasteiger partial charge in [-0.2, -0.15) is 0 Å². The number of esters is 1. The number of benzene rings is 2. The molecule has 0 aliphatic heterocycles. The molecule has 0 aliphatic carbocycles. The number of hydrogen-bond donors (Lipinski definition) is 2. The minimum atomic E-state index is -0.852. The van der Waals surface area contributed by atoms with Gasteiger partial charge in [-0.25, -0.2) is 4.79 Å². The fourth-order valence-electron chi connectivity index (χ4n) is 2.49. The van der Waals surface area contributed by atoms with Crippen LogP contribution in [0, 0.1) is 12.3 Å². The van der Waals surface area contributed by atoms with Crippen LogP contribution in [0.1, 0.15) is 33.6 Å². The first-order chi connectivity index (χ1) is 13.6. The van der Waals surface area contributed by atoms with Gasteiger partial charge in [0.2, 0.25) is 0 Å². The highest BCUT2D eigenvalue weighted by Gasteiger charge is 2.22. The second-order valence-electron chi connectivity index (χ2n) is 5.97. The molecule has 6 nitrogen and oxygen atoms in total. The van der Waals surface area contributed by atoms with Crippen LogP contribution in [0.15, 0.2) is 60.7 Å². The summed E-state index contributed by atoms with van der Waals surface area (Å²) in [5.74, 6) is 1.05. The van der Waals surface area contributed by atoms with E-state index in [4.69, 9.17) is 11.2 Å². The van der Waals surface area contributed by atoms with E-state index in [2.05, 4.69) is 16.6 Å². The highest BCUT2D eigenvalue weighted by Crippen LogP contribution is 2.05. The molecule has 0 saturated carbocycles. The van der Waals surface area contributed by atoms with Crippen molar-refractivity contribution < 1.29 is 19.1 Å². The van der Waals surface area contributed by atoms with Crippen molar-refractivity contribution >= 4 is 17.8 Å². The first kappa shape index (κ1) is 20.7. The van der Waals surface area contributed by atoms with E-state index in [1.54, 1.807) is 54.6 Å². The molecular weight excluding hydrogens is 356 g/mol. The van der Waals surface area contributed by atoms with E-state index in [-0.39, 0.29) is 18.4 Å². The van der Waals surface area contributed by atoms with Crippen molar-refractivity contribution in [2.45, 2.75) is 18.9 Å². The van der Waals surface area contributed by atoms with Gasteiger partial charge in [0.1, 0.15) is 6.04 Å². The molecule has 0 spiro atoms. The van der Waals surface area contributed by atoms with E-state index in [1.165, 1.54) is 0 Å². The molecule has 28 heavy (non-hydrogen) atoms. The van der Waals surface area contributed by atoms with Crippen LogP contribution in [-0.4, -0.2) is 37.0 Å². The molecule has 6 heteroatoms. The largest absolute Gasteiger partial charge is 0.451 e. The lowest BCUT2D eigenvalue weighted by Gasteiger charge is -2.17. The van der Waals surface area contributed by atoms with Gasteiger partial charge in [0.25, 0.3) is 11.8 Å². The summed E-state index contributed by atoms with van der Waals surface area (Å²) in [6.45, 7) is 0.190. The van der Waals surface area contributed by atoms with Crippen molar-refractivity contribution in [3.05, 3.63) is 71.8 Å². The highest BCUT2D eigenvalue weighted by atomic mass is 16.5. The van der Waals surface area contributed by atoms with E-state index < -0.39 is 12.0 Å². The third kappa shape index (κ3) is 6.61.